The first-order valence-corrected chi connectivity index (χ1v) is 8.88. The zero-order valence-corrected chi connectivity index (χ0v) is 14.0. The van der Waals surface area contributed by atoms with Crippen LogP contribution in [0.25, 0.3) is 11.3 Å². The molecular weight excluding hydrogens is 296 g/mol. The molecule has 0 amide bonds. The third-order valence-corrected chi connectivity index (χ3v) is 5.92. The van der Waals surface area contributed by atoms with Crippen molar-refractivity contribution in [2.45, 2.75) is 31.9 Å². The molecule has 1 aromatic heterocycles. The molecule has 5 heteroatoms. The number of hydrogen-bond donors (Lipinski definition) is 1. The second-order valence-electron chi connectivity index (χ2n) is 5.70. The van der Waals surface area contributed by atoms with E-state index in [4.69, 9.17) is 0 Å². The molecule has 0 unspecified atom stereocenters. The van der Waals surface area contributed by atoms with Crippen LogP contribution in [0.4, 0.5) is 0 Å². The van der Waals surface area contributed by atoms with E-state index in [1.165, 1.54) is 0 Å². The van der Waals surface area contributed by atoms with Crippen LogP contribution in [0.15, 0.2) is 48.7 Å². The van der Waals surface area contributed by atoms with E-state index in [2.05, 4.69) is 9.71 Å². The van der Waals surface area contributed by atoms with Crippen LogP contribution < -0.4 is 4.72 Å². The summed E-state index contributed by atoms with van der Waals surface area (Å²) in [6, 6.07) is 13.3. The highest BCUT2D eigenvalue weighted by Gasteiger charge is 2.35. The Morgan fingerprint density at radius 2 is 1.77 bits per heavy atom. The summed E-state index contributed by atoms with van der Waals surface area (Å²) in [5.41, 5.74) is 2.61. The van der Waals surface area contributed by atoms with Gasteiger partial charge >= 0.3 is 0 Å². The molecule has 0 aliphatic rings. The molecule has 2 aromatic rings. The van der Waals surface area contributed by atoms with Crippen molar-refractivity contribution in [3.05, 3.63) is 54.2 Å². The fraction of sp³-hybridized carbons (Fsp3) is 0.353. The smallest absolute Gasteiger partial charge is 0.221 e. The van der Waals surface area contributed by atoms with Crippen LogP contribution in [0.3, 0.4) is 0 Å². The number of aromatic nitrogens is 1. The molecule has 0 atom stereocenters. The number of benzene rings is 1. The van der Waals surface area contributed by atoms with Gasteiger partial charge in [0, 0.05) is 18.3 Å². The Balaban J connectivity index is 2.30. The zero-order valence-electron chi connectivity index (χ0n) is 13.2. The topological polar surface area (TPSA) is 59.1 Å². The van der Waals surface area contributed by atoms with Crippen LogP contribution in [0, 0.1) is 0 Å². The van der Waals surface area contributed by atoms with Crippen molar-refractivity contribution in [1.29, 1.82) is 0 Å². The minimum Gasteiger partial charge on any atom is -0.256 e. The summed E-state index contributed by atoms with van der Waals surface area (Å²) in [6.07, 6.45) is 2.51. The summed E-state index contributed by atoms with van der Waals surface area (Å²) in [5, 5.41) is 0. The molecular formula is C17H22N2O2S. The molecule has 22 heavy (non-hydrogen) atoms. The molecule has 0 bridgehead atoms. The average molecular weight is 318 g/mol. The highest BCUT2D eigenvalue weighted by molar-refractivity contribution is 7.90. The minimum atomic E-state index is -3.42. The van der Waals surface area contributed by atoms with Crippen molar-refractivity contribution in [1.82, 2.24) is 9.71 Å². The predicted octanol–water partition coefficient (Wildman–Crippen LogP) is 3.31. The van der Waals surface area contributed by atoms with E-state index in [1.807, 2.05) is 49.4 Å². The molecule has 0 aliphatic carbocycles. The van der Waals surface area contributed by atoms with E-state index in [1.54, 1.807) is 20.0 Å². The number of pyridine rings is 1. The normalized spacial score (nSPS) is 12.3. The number of nitrogens with one attached hydrogen (secondary N) is 1. The number of sulfonamides is 1. The molecule has 4 nitrogen and oxygen atoms in total. The first kappa shape index (κ1) is 16.6. The van der Waals surface area contributed by atoms with Gasteiger partial charge in [0.15, 0.2) is 0 Å². The van der Waals surface area contributed by atoms with Gasteiger partial charge < -0.3 is 0 Å². The van der Waals surface area contributed by atoms with Crippen LogP contribution in [0.1, 0.15) is 32.8 Å². The maximum absolute atomic E-state index is 12.4. The molecule has 118 valence electrons. The van der Waals surface area contributed by atoms with Crippen molar-refractivity contribution in [2.75, 3.05) is 6.54 Å². The second kappa shape index (κ2) is 6.58. The Hall–Kier alpha value is -1.72. The Bertz CT molecular complexity index is 708. The van der Waals surface area contributed by atoms with Gasteiger partial charge in [-0.15, -0.1) is 0 Å². The van der Waals surface area contributed by atoms with E-state index in [0.29, 0.717) is 6.54 Å². The first-order chi connectivity index (χ1) is 10.4. The highest BCUT2D eigenvalue weighted by Crippen LogP contribution is 2.30. The van der Waals surface area contributed by atoms with Gasteiger partial charge in [-0.25, -0.2) is 13.1 Å². The molecule has 0 spiro atoms. The van der Waals surface area contributed by atoms with Crippen molar-refractivity contribution in [3.8, 4) is 11.3 Å². The fourth-order valence-corrected chi connectivity index (χ4v) is 3.43. The summed E-state index contributed by atoms with van der Waals surface area (Å²) < 4.78 is 26.6. The van der Waals surface area contributed by atoms with Gasteiger partial charge in [0.2, 0.25) is 10.0 Å². The highest BCUT2D eigenvalue weighted by atomic mass is 32.2. The Kier molecular flexibility index (Phi) is 4.98. The van der Waals surface area contributed by atoms with Gasteiger partial charge in [-0.1, -0.05) is 37.3 Å². The molecule has 0 fully saturated rings. The maximum Gasteiger partial charge on any atom is 0.221 e. The third-order valence-electron chi connectivity index (χ3n) is 3.75. The summed E-state index contributed by atoms with van der Waals surface area (Å²) in [5.74, 6) is 0. The summed E-state index contributed by atoms with van der Waals surface area (Å²) in [4.78, 5) is 4.30. The van der Waals surface area contributed by atoms with Crippen LogP contribution in [0.5, 0.6) is 0 Å². The predicted molar refractivity (Wildman–Crippen MR) is 89.9 cm³/mol. The number of nitrogens with zero attached hydrogens (tertiary/aromatic N) is 1. The van der Waals surface area contributed by atoms with Gasteiger partial charge in [-0.2, -0.15) is 0 Å². The van der Waals surface area contributed by atoms with Crippen molar-refractivity contribution in [2.24, 2.45) is 0 Å². The molecule has 0 radical (unpaired) electrons. The van der Waals surface area contributed by atoms with E-state index in [9.17, 15) is 8.42 Å². The molecule has 1 aromatic carbocycles. The lowest BCUT2D eigenvalue weighted by Crippen LogP contribution is -2.39. The quantitative estimate of drug-likeness (QED) is 0.889. The van der Waals surface area contributed by atoms with Crippen molar-refractivity contribution >= 4 is 10.0 Å². The summed E-state index contributed by atoms with van der Waals surface area (Å²) in [6.45, 7) is 5.84. The first-order valence-electron chi connectivity index (χ1n) is 7.39. The molecule has 1 N–H and O–H groups in total. The summed E-state index contributed by atoms with van der Waals surface area (Å²) in [7, 11) is -3.42. The van der Waals surface area contributed by atoms with Crippen molar-refractivity contribution in [3.63, 3.8) is 0 Å². The van der Waals surface area contributed by atoms with Gasteiger partial charge in [-0.3, -0.25) is 4.98 Å². The zero-order chi connectivity index (χ0) is 16.2. The summed E-state index contributed by atoms with van der Waals surface area (Å²) >= 11 is 0. The molecule has 0 saturated carbocycles. The van der Waals surface area contributed by atoms with Gasteiger partial charge in [0.1, 0.15) is 4.75 Å². The van der Waals surface area contributed by atoms with Crippen molar-refractivity contribution < 1.29 is 8.42 Å². The van der Waals surface area contributed by atoms with E-state index >= 15 is 0 Å². The molecule has 0 aliphatic heterocycles. The molecule has 1 heterocycles. The number of rotatable bonds is 6. The third kappa shape index (κ3) is 3.36. The Morgan fingerprint density at radius 3 is 2.32 bits per heavy atom. The lowest BCUT2D eigenvalue weighted by Gasteiger charge is -2.25. The average Bonchev–Trinajstić information content (AvgIpc) is 2.54. The van der Waals surface area contributed by atoms with Gasteiger partial charge in [-0.05, 0) is 38.0 Å². The Morgan fingerprint density at radius 1 is 1.09 bits per heavy atom. The minimum absolute atomic E-state index is 0.456. The lowest BCUT2D eigenvalue weighted by molar-refractivity contribution is 0.539. The van der Waals surface area contributed by atoms with E-state index in [-0.39, 0.29) is 0 Å². The fourth-order valence-electron chi connectivity index (χ4n) is 2.15. The standard InChI is InChI=1S/C17H22N2O2S/c1-4-12-19-22(20,21)17(2,3)15-10-8-14(9-11-15)16-7-5-6-13-18-16/h5-11,13,19H,4,12H2,1-3H3. The molecule has 0 saturated heterocycles. The van der Waals surface area contributed by atoms with Gasteiger partial charge in [0.05, 0.1) is 5.69 Å². The maximum atomic E-state index is 12.4. The van der Waals surface area contributed by atoms with E-state index < -0.39 is 14.8 Å². The van der Waals surface area contributed by atoms with Gasteiger partial charge in [0.25, 0.3) is 0 Å². The van der Waals surface area contributed by atoms with Crippen LogP contribution in [-0.2, 0) is 14.8 Å². The Labute approximate surface area is 132 Å². The lowest BCUT2D eigenvalue weighted by atomic mass is 10.00. The monoisotopic (exact) mass is 318 g/mol. The van der Waals surface area contributed by atoms with Crippen LogP contribution >= 0.6 is 0 Å². The second-order valence-corrected chi connectivity index (χ2v) is 8.02. The molecule has 2 rings (SSSR count). The van der Waals surface area contributed by atoms with Crippen LogP contribution in [0.2, 0.25) is 0 Å². The van der Waals surface area contributed by atoms with E-state index in [0.717, 1.165) is 23.2 Å². The largest absolute Gasteiger partial charge is 0.256 e. The SMILES string of the molecule is CCCNS(=O)(=O)C(C)(C)c1ccc(-c2ccccn2)cc1. The number of hydrogen-bond acceptors (Lipinski definition) is 3. The van der Waals surface area contributed by atoms with Crippen LogP contribution in [-0.4, -0.2) is 19.9 Å².